The molecule has 0 amide bonds. The van der Waals surface area contributed by atoms with Crippen LogP contribution in [0.4, 0.5) is 15.8 Å². The summed E-state index contributed by atoms with van der Waals surface area (Å²) in [6, 6.07) is 12.7. The quantitative estimate of drug-likeness (QED) is 0.579. The Morgan fingerprint density at radius 1 is 1.19 bits per heavy atom. The van der Waals surface area contributed by atoms with Crippen LogP contribution >= 0.6 is 0 Å². The number of nitro groups is 1. The van der Waals surface area contributed by atoms with Crippen LogP contribution in [0.3, 0.4) is 0 Å². The van der Waals surface area contributed by atoms with Crippen LogP contribution in [-0.4, -0.2) is 4.92 Å². The number of rotatable bonds is 4. The van der Waals surface area contributed by atoms with Crippen molar-refractivity contribution in [2.24, 2.45) is 0 Å². The molecular weight excluding hydrogens is 275 g/mol. The van der Waals surface area contributed by atoms with Crippen molar-refractivity contribution >= 4 is 22.3 Å². The lowest BCUT2D eigenvalue weighted by Gasteiger charge is -2.05. The van der Waals surface area contributed by atoms with Crippen molar-refractivity contribution in [2.45, 2.75) is 6.54 Å². The highest BCUT2D eigenvalue weighted by molar-refractivity contribution is 5.77. The fraction of sp³-hybridized carbons (Fsp3) is 0.0667. The zero-order valence-corrected chi connectivity index (χ0v) is 10.9. The monoisotopic (exact) mass is 286 g/mol. The summed E-state index contributed by atoms with van der Waals surface area (Å²) in [5.74, 6) is 0.0822. The summed E-state index contributed by atoms with van der Waals surface area (Å²) in [4.78, 5) is 10.1. The molecule has 3 rings (SSSR count). The van der Waals surface area contributed by atoms with Gasteiger partial charge in [-0.25, -0.2) is 4.39 Å². The zero-order valence-electron chi connectivity index (χ0n) is 10.9. The van der Waals surface area contributed by atoms with E-state index in [-0.39, 0.29) is 17.9 Å². The number of halogens is 1. The Morgan fingerprint density at radius 3 is 2.76 bits per heavy atom. The van der Waals surface area contributed by atoms with Crippen LogP contribution in [0.25, 0.3) is 11.0 Å². The van der Waals surface area contributed by atoms with E-state index >= 15 is 0 Å². The first-order valence-corrected chi connectivity index (χ1v) is 6.29. The number of nitro benzene ring substituents is 1. The topological polar surface area (TPSA) is 68.3 Å². The smallest absolute Gasteiger partial charge is 0.271 e. The fourth-order valence-electron chi connectivity index (χ4n) is 2.07. The van der Waals surface area contributed by atoms with Gasteiger partial charge in [0.15, 0.2) is 0 Å². The largest absolute Gasteiger partial charge is 0.459 e. The van der Waals surface area contributed by atoms with E-state index in [1.165, 1.54) is 0 Å². The second-order valence-electron chi connectivity index (χ2n) is 4.53. The number of benzene rings is 2. The molecule has 0 radical (unpaired) electrons. The number of furan rings is 1. The molecule has 0 atom stereocenters. The first-order valence-electron chi connectivity index (χ1n) is 6.29. The SMILES string of the molecule is O=[N+]([O-])c1ccc(F)c(NCc2cc3ccccc3o2)c1. The van der Waals surface area contributed by atoms with Crippen molar-refractivity contribution in [3.63, 3.8) is 0 Å². The normalized spacial score (nSPS) is 10.7. The van der Waals surface area contributed by atoms with E-state index < -0.39 is 10.7 Å². The summed E-state index contributed by atoms with van der Waals surface area (Å²) in [5.41, 5.74) is 0.655. The molecule has 1 aromatic heterocycles. The third-order valence-electron chi connectivity index (χ3n) is 3.09. The van der Waals surface area contributed by atoms with Crippen molar-refractivity contribution < 1.29 is 13.7 Å². The molecule has 0 fully saturated rings. The number of non-ortho nitro benzene ring substituents is 1. The van der Waals surface area contributed by atoms with Gasteiger partial charge in [-0.15, -0.1) is 0 Å². The standard InChI is InChI=1S/C15H11FN2O3/c16-13-6-5-11(18(19)20)8-14(13)17-9-12-7-10-3-1-2-4-15(10)21-12/h1-8,17H,9H2. The molecule has 0 saturated carbocycles. The highest BCUT2D eigenvalue weighted by Crippen LogP contribution is 2.23. The highest BCUT2D eigenvalue weighted by atomic mass is 19.1. The molecule has 3 aromatic rings. The summed E-state index contributed by atoms with van der Waals surface area (Å²) in [6.07, 6.45) is 0. The molecular formula is C15H11FN2O3. The van der Waals surface area contributed by atoms with E-state index in [9.17, 15) is 14.5 Å². The summed E-state index contributed by atoms with van der Waals surface area (Å²) >= 11 is 0. The number of hydrogen-bond acceptors (Lipinski definition) is 4. The molecule has 0 aliphatic carbocycles. The molecule has 0 aliphatic rings. The molecule has 2 aromatic carbocycles. The molecule has 0 saturated heterocycles. The fourth-order valence-corrected chi connectivity index (χ4v) is 2.07. The first-order chi connectivity index (χ1) is 10.1. The van der Waals surface area contributed by atoms with Gasteiger partial charge in [0.2, 0.25) is 0 Å². The first kappa shape index (κ1) is 13.1. The van der Waals surface area contributed by atoms with Crippen LogP contribution in [0.1, 0.15) is 5.76 Å². The number of hydrogen-bond donors (Lipinski definition) is 1. The van der Waals surface area contributed by atoms with Gasteiger partial charge in [0.25, 0.3) is 5.69 Å². The van der Waals surface area contributed by atoms with Gasteiger partial charge in [0, 0.05) is 17.5 Å². The van der Waals surface area contributed by atoms with Gasteiger partial charge < -0.3 is 9.73 Å². The van der Waals surface area contributed by atoms with Crippen LogP contribution in [0, 0.1) is 15.9 Å². The van der Waals surface area contributed by atoms with Crippen LogP contribution in [-0.2, 0) is 6.54 Å². The Labute approximate surface area is 119 Å². The Morgan fingerprint density at radius 2 is 2.00 bits per heavy atom. The molecule has 0 unspecified atom stereocenters. The van der Waals surface area contributed by atoms with Gasteiger partial charge >= 0.3 is 0 Å². The minimum Gasteiger partial charge on any atom is -0.459 e. The molecule has 5 nitrogen and oxygen atoms in total. The highest BCUT2D eigenvalue weighted by Gasteiger charge is 2.11. The maximum Gasteiger partial charge on any atom is 0.271 e. The molecule has 0 aliphatic heterocycles. The second kappa shape index (κ2) is 5.24. The lowest BCUT2D eigenvalue weighted by atomic mass is 10.2. The van der Waals surface area contributed by atoms with E-state index in [1.807, 2.05) is 30.3 Å². The Bertz CT molecular complexity index is 781. The number of nitrogens with zero attached hydrogens (tertiary/aromatic N) is 1. The van der Waals surface area contributed by atoms with Gasteiger partial charge in [-0.3, -0.25) is 10.1 Å². The molecule has 6 heteroatoms. The summed E-state index contributed by atoms with van der Waals surface area (Å²) in [7, 11) is 0. The van der Waals surface area contributed by atoms with Crippen LogP contribution in [0.15, 0.2) is 52.9 Å². The van der Waals surface area contributed by atoms with Gasteiger partial charge in [0.1, 0.15) is 17.2 Å². The molecule has 0 spiro atoms. The maximum absolute atomic E-state index is 13.6. The Hall–Kier alpha value is -2.89. The third-order valence-corrected chi connectivity index (χ3v) is 3.09. The molecule has 21 heavy (non-hydrogen) atoms. The lowest BCUT2D eigenvalue weighted by molar-refractivity contribution is -0.384. The average molecular weight is 286 g/mol. The summed E-state index contributed by atoms with van der Waals surface area (Å²) in [6.45, 7) is 0.243. The number of nitrogens with one attached hydrogen (secondary N) is 1. The van der Waals surface area contributed by atoms with Gasteiger partial charge in [-0.05, 0) is 18.2 Å². The maximum atomic E-state index is 13.6. The number of fused-ring (bicyclic) bond motifs is 1. The van der Waals surface area contributed by atoms with E-state index in [0.29, 0.717) is 5.76 Å². The summed E-state index contributed by atoms with van der Waals surface area (Å²) in [5, 5.41) is 14.5. The predicted octanol–water partition coefficient (Wildman–Crippen LogP) is 4.09. The van der Waals surface area contributed by atoms with E-state index in [4.69, 9.17) is 4.42 Å². The van der Waals surface area contributed by atoms with Gasteiger partial charge in [-0.1, -0.05) is 18.2 Å². The van der Waals surface area contributed by atoms with Crippen molar-refractivity contribution in [1.29, 1.82) is 0 Å². The van der Waals surface area contributed by atoms with Crippen molar-refractivity contribution in [3.8, 4) is 0 Å². The molecule has 0 bridgehead atoms. The molecule has 1 N–H and O–H groups in total. The molecule has 1 heterocycles. The minimum absolute atomic E-state index is 0.0738. The van der Waals surface area contributed by atoms with E-state index in [2.05, 4.69) is 5.32 Å². The van der Waals surface area contributed by atoms with Crippen molar-refractivity contribution in [3.05, 3.63) is 70.2 Å². The van der Waals surface area contributed by atoms with Crippen LogP contribution in [0.2, 0.25) is 0 Å². The molecule has 106 valence electrons. The Kier molecular flexibility index (Phi) is 3.27. The predicted molar refractivity (Wildman–Crippen MR) is 76.6 cm³/mol. The number of anilines is 1. The summed E-state index contributed by atoms with van der Waals surface area (Å²) < 4.78 is 19.2. The minimum atomic E-state index is -0.564. The third kappa shape index (κ3) is 2.69. The van der Waals surface area contributed by atoms with Crippen molar-refractivity contribution in [1.82, 2.24) is 0 Å². The average Bonchev–Trinajstić information content (AvgIpc) is 2.89. The van der Waals surface area contributed by atoms with Gasteiger partial charge in [-0.2, -0.15) is 0 Å². The van der Waals surface area contributed by atoms with Gasteiger partial charge in [0.05, 0.1) is 17.2 Å². The zero-order chi connectivity index (χ0) is 14.8. The van der Waals surface area contributed by atoms with E-state index in [1.54, 1.807) is 0 Å². The number of para-hydroxylation sites is 1. The van der Waals surface area contributed by atoms with Crippen LogP contribution in [0.5, 0.6) is 0 Å². The lowest BCUT2D eigenvalue weighted by Crippen LogP contribution is -2.01. The van der Waals surface area contributed by atoms with Crippen LogP contribution < -0.4 is 5.32 Å². The Balaban J connectivity index is 1.80. The van der Waals surface area contributed by atoms with E-state index in [0.717, 1.165) is 29.2 Å². The second-order valence-corrected chi connectivity index (χ2v) is 4.53. The van der Waals surface area contributed by atoms with Crippen molar-refractivity contribution in [2.75, 3.05) is 5.32 Å².